The van der Waals surface area contributed by atoms with Crippen molar-refractivity contribution in [1.82, 2.24) is 10.2 Å². The highest BCUT2D eigenvalue weighted by Crippen LogP contribution is 2.30. The summed E-state index contributed by atoms with van der Waals surface area (Å²) in [6, 6.07) is 9.85. The van der Waals surface area contributed by atoms with Crippen LogP contribution in [0.5, 0.6) is 0 Å². The van der Waals surface area contributed by atoms with Crippen LogP contribution in [0.2, 0.25) is 0 Å². The minimum atomic E-state index is -0.674. The topological polar surface area (TPSA) is 61.8 Å². The number of amides is 1. The van der Waals surface area contributed by atoms with Gasteiger partial charge in [-0.15, -0.1) is 12.4 Å². The molecule has 0 saturated carbocycles. The predicted octanol–water partition coefficient (Wildman–Crippen LogP) is 2.32. The van der Waals surface area contributed by atoms with Crippen LogP contribution in [0.4, 0.5) is 4.79 Å². The van der Waals surface area contributed by atoms with E-state index in [2.05, 4.69) is 5.32 Å². The van der Waals surface area contributed by atoms with E-state index in [4.69, 9.17) is 4.74 Å². The van der Waals surface area contributed by atoms with Crippen molar-refractivity contribution in [3.8, 4) is 0 Å². The highest BCUT2D eigenvalue weighted by atomic mass is 35.5. The average molecular weight is 341 g/mol. The Kier molecular flexibility index (Phi) is 6.27. The van der Waals surface area contributed by atoms with Gasteiger partial charge < -0.3 is 20.1 Å². The van der Waals surface area contributed by atoms with Crippen molar-refractivity contribution in [2.45, 2.75) is 43.9 Å². The molecular formula is C17H25ClN2O3. The largest absolute Gasteiger partial charge is 0.445 e. The lowest BCUT2D eigenvalue weighted by Gasteiger charge is -2.41. The first-order valence-electron chi connectivity index (χ1n) is 8.09. The Hall–Kier alpha value is -1.30. The smallest absolute Gasteiger partial charge is 0.410 e. The van der Waals surface area contributed by atoms with E-state index >= 15 is 0 Å². The quantitative estimate of drug-likeness (QED) is 0.886. The van der Waals surface area contributed by atoms with Gasteiger partial charge in [-0.05, 0) is 37.8 Å². The monoisotopic (exact) mass is 340 g/mol. The van der Waals surface area contributed by atoms with Gasteiger partial charge in [-0.3, -0.25) is 0 Å². The van der Waals surface area contributed by atoms with Crippen molar-refractivity contribution in [3.63, 3.8) is 0 Å². The maximum absolute atomic E-state index is 12.1. The van der Waals surface area contributed by atoms with Crippen LogP contribution in [-0.2, 0) is 11.3 Å². The lowest BCUT2D eigenvalue weighted by molar-refractivity contribution is -0.0442. The van der Waals surface area contributed by atoms with E-state index in [-0.39, 0.29) is 24.5 Å². The SMILES string of the molecule is Cl.O=C(OCc1ccccc1)N1CCC(O)(C2CCCN2)CC1. The summed E-state index contributed by atoms with van der Waals surface area (Å²) in [5.74, 6) is 0. The number of carbonyl (C=O) groups excluding carboxylic acids is 1. The van der Waals surface area contributed by atoms with Gasteiger partial charge in [-0.25, -0.2) is 4.79 Å². The maximum atomic E-state index is 12.1. The van der Waals surface area contributed by atoms with Crippen LogP contribution in [0.1, 0.15) is 31.2 Å². The summed E-state index contributed by atoms with van der Waals surface area (Å²) in [5, 5.41) is 14.1. The molecule has 0 bridgehead atoms. The van der Waals surface area contributed by atoms with Gasteiger partial charge >= 0.3 is 6.09 Å². The van der Waals surface area contributed by atoms with Gasteiger partial charge in [0.25, 0.3) is 0 Å². The van der Waals surface area contributed by atoms with Crippen molar-refractivity contribution >= 4 is 18.5 Å². The van der Waals surface area contributed by atoms with Crippen molar-refractivity contribution in [2.24, 2.45) is 0 Å². The molecule has 6 heteroatoms. The number of halogens is 1. The number of ether oxygens (including phenoxy) is 1. The Morgan fingerprint density at radius 1 is 1.30 bits per heavy atom. The third-order valence-electron chi connectivity index (χ3n) is 4.80. The standard InChI is InChI=1S/C17H24N2O3.ClH/c20-16(22-13-14-5-2-1-3-6-14)19-11-8-17(21,9-12-19)15-7-4-10-18-15;/h1-3,5-6,15,18,21H,4,7-13H2;1H. The van der Waals surface area contributed by atoms with Gasteiger partial charge in [-0.1, -0.05) is 30.3 Å². The normalized spacial score (nSPS) is 23.2. The van der Waals surface area contributed by atoms with Crippen LogP contribution in [0, 0.1) is 0 Å². The molecule has 0 spiro atoms. The zero-order valence-corrected chi connectivity index (χ0v) is 14.1. The highest BCUT2D eigenvalue weighted by molar-refractivity contribution is 5.85. The van der Waals surface area contributed by atoms with E-state index in [1.165, 1.54) is 0 Å². The molecule has 1 unspecified atom stereocenters. The fourth-order valence-electron chi connectivity index (χ4n) is 3.38. The molecule has 5 nitrogen and oxygen atoms in total. The molecule has 0 radical (unpaired) electrons. The molecule has 1 amide bonds. The number of piperidine rings is 1. The number of likely N-dealkylation sites (tertiary alicyclic amines) is 1. The van der Waals surface area contributed by atoms with Crippen molar-refractivity contribution in [3.05, 3.63) is 35.9 Å². The van der Waals surface area contributed by atoms with Gasteiger partial charge in [0.2, 0.25) is 0 Å². The van der Waals surface area contributed by atoms with Crippen LogP contribution in [0.15, 0.2) is 30.3 Å². The fourth-order valence-corrected chi connectivity index (χ4v) is 3.38. The molecule has 1 aromatic carbocycles. The fraction of sp³-hybridized carbons (Fsp3) is 0.588. The molecule has 2 fully saturated rings. The zero-order chi connectivity index (χ0) is 15.4. The molecule has 0 aromatic heterocycles. The van der Waals surface area contributed by atoms with Crippen molar-refractivity contribution in [2.75, 3.05) is 19.6 Å². The number of aliphatic hydroxyl groups is 1. The number of hydrogen-bond donors (Lipinski definition) is 2. The summed E-state index contributed by atoms with van der Waals surface area (Å²) in [7, 11) is 0. The molecule has 3 rings (SSSR count). The van der Waals surface area contributed by atoms with Crippen LogP contribution in [-0.4, -0.2) is 47.4 Å². The number of nitrogens with zero attached hydrogens (tertiary/aromatic N) is 1. The molecule has 2 aliphatic rings. The summed E-state index contributed by atoms with van der Waals surface area (Å²) in [6.07, 6.45) is 3.09. The minimum absolute atomic E-state index is 0. The van der Waals surface area contributed by atoms with E-state index in [0.29, 0.717) is 32.5 Å². The zero-order valence-electron chi connectivity index (χ0n) is 13.2. The highest BCUT2D eigenvalue weighted by Gasteiger charge is 2.41. The average Bonchev–Trinajstić information content (AvgIpc) is 3.10. The molecule has 1 aromatic rings. The Bertz CT molecular complexity index is 498. The number of nitrogens with one attached hydrogen (secondary N) is 1. The summed E-state index contributed by atoms with van der Waals surface area (Å²) in [6.45, 7) is 2.39. The Morgan fingerprint density at radius 2 is 2.00 bits per heavy atom. The summed E-state index contributed by atoms with van der Waals surface area (Å²) < 4.78 is 5.35. The molecule has 2 aliphatic heterocycles. The third-order valence-corrected chi connectivity index (χ3v) is 4.80. The van der Waals surface area contributed by atoms with E-state index in [1.807, 2.05) is 30.3 Å². The first kappa shape index (κ1) is 18.0. The van der Waals surface area contributed by atoms with E-state index < -0.39 is 5.60 Å². The molecule has 2 saturated heterocycles. The second-order valence-electron chi connectivity index (χ2n) is 6.28. The van der Waals surface area contributed by atoms with E-state index in [9.17, 15) is 9.90 Å². The second kappa shape index (κ2) is 7.99. The summed E-state index contributed by atoms with van der Waals surface area (Å²) in [5.41, 5.74) is 0.312. The number of carbonyl (C=O) groups is 1. The van der Waals surface area contributed by atoms with E-state index in [0.717, 1.165) is 24.9 Å². The lowest BCUT2D eigenvalue weighted by atomic mass is 9.83. The van der Waals surface area contributed by atoms with Crippen LogP contribution in [0.25, 0.3) is 0 Å². The third kappa shape index (κ3) is 4.37. The van der Waals surface area contributed by atoms with Gasteiger partial charge in [0.05, 0.1) is 5.60 Å². The van der Waals surface area contributed by atoms with E-state index in [1.54, 1.807) is 4.90 Å². The first-order valence-corrected chi connectivity index (χ1v) is 8.09. The summed E-state index contributed by atoms with van der Waals surface area (Å²) >= 11 is 0. The molecular weight excluding hydrogens is 316 g/mol. The van der Waals surface area contributed by atoms with Crippen molar-refractivity contribution < 1.29 is 14.6 Å². The lowest BCUT2D eigenvalue weighted by Crippen LogP contribution is -2.55. The molecule has 23 heavy (non-hydrogen) atoms. The number of benzene rings is 1. The minimum Gasteiger partial charge on any atom is -0.445 e. The number of rotatable bonds is 3. The molecule has 2 N–H and O–H groups in total. The Labute approximate surface area is 143 Å². The van der Waals surface area contributed by atoms with Gasteiger partial charge in [0.1, 0.15) is 6.61 Å². The van der Waals surface area contributed by atoms with Crippen molar-refractivity contribution in [1.29, 1.82) is 0 Å². The van der Waals surface area contributed by atoms with Crippen LogP contribution >= 0.6 is 12.4 Å². The summed E-state index contributed by atoms with van der Waals surface area (Å²) in [4.78, 5) is 13.8. The second-order valence-corrected chi connectivity index (χ2v) is 6.28. The van der Waals surface area contributed by atoms with Crippen LogP contribution in [0.3, 0.4) is 0 Å². The Morgan fingerprint density at radius 3 is 2.61 bits per heavy atom. The van der Waals surface area contributed by atoms with Gasteiger partial charge in [0, 0.05) is 19.1 Å². The molecule has 0 aliphatic carbocycles. The molecule has 2 heterocycles. The first-order chi connectivity index (χ1) is 10.7. The molecule has 1 atom stereocenters. The van der Waals surface area contributed by atoms with Crippen LogP contribution < -0.4 is 5.32 Å². The molecule has 128 valence electrons. The van der Waals surface area contributed by atoms with Gasteiger partial charge in [-0.2, -0.15) is 0 Å². The van der Waals surface area contributed by atoms with Gasteiger partial charge in [0.15, 0.2) is 0 Å². The number of hydrogen-bond acceptors (Lipinski definition) is 4. The Balaban J connectivity index is 0.00000192. The maximum Gasteiger partial charge on any atom is 0.410 e. The predicted molar refractivity (Wildman–Crippen MR) is 90.7 cm³/mol.